The van der Waals surface area contributed by atoms with E-state index in [-0.39, 0.29) is 18.7 Å². The van der Waals surface area contributed by atoms with E-state index in [0.29, 0.717) is 22.4 Å². The van der Waals surface area contributed by atoms with E-state index in [4.69, 9.17) is 10.00 Å². The standard InChI is InChI=1S/C26H19N3O5/c27-13-14-28(20-9-2-1-3-10-20)23(30)17-34-26(33)19-8-6-7-18(15-19)16-29-24(31)21-11-4-5-12-22(21)25(29)32/h1-12,15H,14,16-17H2. The second-order valence-electron chi connectivity index (χ2n) is 7.49. The first-order valence-corrected chi connectivity index (χ1v) is 10.4. The van der Waals surface area contributed by atoms with E-state index in [1.165, 1.54) is 17.0 Å². The molecule has 34 heavy (non-hydrogen) atoms. The van der Waals surface area contributed by atoms with Crippen molar-refractivity contribution in [1.82, 2.24) is 4.90 Å². The lowest BCUT2D eigenvalue weighted by Crippen LogP contribution is -2.35. The van der Waals surface area contributed by atoms with Crippen molar-refractivity contribution < 1.29 is 23.9 Å². The Morgan fingerprint density at radius 1 is 0.882 bits per heavy atom. The minimum atomic E-state index is -0.734. The summed E-state index contributed by atoms with van der Waals surface area (Å²) in [5.41, 5.74) is 1.95. The second-order valence-corrected chi connectivity index (χ2v) is 7.49. The summed E-state index contributed by atoms with van der Waals surface area (Å²) in [6, 6.07) is 23.5. The maximum atomic E-state index is 12.6. The van der Waals surface area contributed by atoms with Crippen molar-refractivity contribution in [2.75, 3.05) is 18.1 Å². The van der Waals surface area contributed by atoms with Crippen molar-refractivity contribution in [2.24, 2.45) is 0 Å². The van der Waals surface area contributed by atoms with Crippen LogP contribution in [0.3, 0.4) is 0 Å². The number of nitrogens with zero attached hydrogens (tertiary/aromatic N) is 3. The van der Waals surface area contributed by atoms with Gasteiger partial charge in [-0.3, -0.25) is 24.2 Å². The van der Waals surface area contributed by atoms with E-state index < -0.39 is 30.3 Å². The van der Waals surface area contributed by atoms with Crippen molar-refractivity contribution in [1.29, 1.82) is 5.26 Å². The molecule has 0 aromatic heterocycles. The molecule has 0 bridgehead atoms. The van der Waals surface area contributed by atoms with Gasteiger partial charge in [0.2, 0.25) is 0 Å². The zero-order valence-corrected chi connectivity index (χ0v) is 18.0. The van der Waals surface area contributed by atoms with Crippen LogP contribution in [0.4, 0.5) is 5.69 Å². The van der Waals surface area contributed by atoms with Gasteiger partial charge in [0, 0.05) is 5.69 Å². The number of fused-ring (bicyclic) bond motifs is 1. The third kappa shape index (κ3) is 4.54. The topological polar surface area (TPSA) is 108 Å². The van der Waals surface area contributed by atoms with Gasteiger partial charge in [0.25, 0.3) is 17.7 Å². The van der Waals surface area contributed by atoms with Crippen molar-refractivity contribution in [3.05, 3.63) is 101 Å². The second kappa shape index (κ2) is 9.79. The first kappa shape index (κ1) is 22.4. The van der Waals surface area contributed by atoms with Crippen LogP contribution in [0.15, 0.2) is 78.9 Å². The van der Waals surface area contributed by atoms with Crippen molar-refractivity contribution in [3.8, 4) is 6.07 Å². The molecule has 0 N–H and O–H groups in total. The van der Waals surface area contributed by atoms with Crippen LogP contribution in [-0.4, -0.2) is 41.7 Å². The van der Waals surface area contributed by atoms with Gasteiger partial charge in [0.1, 0.15) is 6.54 Å². The summed E-state index contributed by atoms with van der Waals surface area (Å²) in [5, 5.41) is 9.04. The first-order valence-electron chi connectivity index (χ1n) is 10.4. The molecule has 0 aliphatic carbocycles. The Kier molecular flexibility index (Phi) is 6.46. The lowest BCUT2D eigenvalue weighted by Gasteiger charge is -2.19. The molecule has 0 fully saturated rings. The predicted molar refractivity (Wildman–Crippen MR) is 122 cm³/mol. The average Bonchev–Trinajstić information content (AvgIpc) is 3.11. The van der Waals surface area contributed by atoms with Gasteiger partial charge in [0.05, 0.1) is 29.3 Å². The fraction of sp³-hybridized carbons (Fsp3) is 0.115. The number of esters is 1. The van der Waals surface area contributed by atoms with E-state index in [9.17, 15) is 19.2 Å². The molecule has 3 aromatic rings. The molecule has 4 rings (SSSR count). The summed E-state index contributed by atoms with van der Waals surface area (Å²) in [6.07, 6.45) is 0. The highest BCUT2D eigenvalue weighted by Crippen LogP contribution is 2.24. The Bertz CT molecular complexity index is 1280. The summed E-state index contributed by atoms with van der Waals surface area (Å²) in [7, 11) is 0. The van der Waals surface area contributed by atoms with Crippen molar-refractivity contribution in [2.45, 2.75) is 6.54 Å². The molecule has 8 heteroatoms. The lowest BCUT2D eigenvalue weighted by atomic mass is 10.1. The number of carbonyl (C=O) groups excluding carboxylic acids is 4. The van der Waals surface area contributed by atoms with Crippen LogP contribution < -0.4 is 4.90 Å². The Labute approximate surface area is 195 Å². The summed E-state index contributed by atoms with van der Waals surface area (Å²) in [5.74, 6) is -2.05. The van der Waals surface area contributed by atoms with Crippen LogP contribution in [-0.2, 0) is 16.1 Å². The number of ether oxygens (including phenoxy) is 1. The fourth-order valence-corrected chi connectivity index (χ4v) is 3.65. The SMILES string of the molecule is N#CCN(C(=O)COC(=O)c1cccc(CN2C(=O)c3ccccc3C2=O)c1)c1ccccc1. The van der Waals surface area contributed by atoms with Crippen molar-refractivity contribution >= 4 is 29.4 Å². The van der Waals surface area contributed by atoms with Crippen LogP contribution in [0.1, 0.15) is 36.6 Å². The molecule has 8 nitrogen and oxygen atoms in total. The zero-order valence-electron chi connectivity index (χ0n) is 18.0. The molecule has 3 amide bonds. The molecule has 3 aromatic carbocycles. The maximum Gasteiger partial charge on any atom is 0.338 e. The maximum absolute atomic E-state index is 12.6. The minimum Gasteiger partial charge on any atom is -0.452 e. The average molecular weight is 453 g/mol. The summed E-state index contributed by atoms with van der Waals surface area (Å²) >= 11 is 0. The third-order valence-corrected chi connectivity index (χ3v) is 5.31. The number of imide groups is 1. The molecule has 0 atom stereocenters. The van der Waals surface area contributed by atoms with Gasteiger partial charge in [-0.25, -0.2) is 4.79 Å². The number of para-hydroxylation sites is 1. The minimum absolute atomic E-state index is 0.00362. The summed E-state index contributed by atoms with van der Waals surface area (Å²) in [4.78, 5) is 52.7. The quantitative estimate of drug-likeness (QED) is 0.309. The number of amides is 3. The van der Waals surface area contributed by atoms with E-state index >= 15 is 0 Å². The molecule has 0 saturated heterocycles. The Balaban J connectivity index is 1.41. The molecule has 1 aliphatic rings. The third-order valence-electron chi connectivity index (χ3n) is 5.31. The number of benzene rings is 3. The van der Waals surface area contributed by atoms with Crippen LogP contribution >= 0.6 is 0 Å². The Morgan fingerprint density at radius 3 is 2.18 bits per heavy atom. The zero-order chi connectivity index (χ0) is 24.1. The highest BCUT2D eigenvalue weighted by atomic mass is 16.5. The molecule has 0 unspecified atom stereocenters. The first-order chi connectivity index (χ1) is 16.5. The van der Waals surface area contributed by atoms with Crippen LogP contribution in [0, 0.1) is 11.3 Å². The summed E-state index contributed by atoms with van der Waals surface area (Å²) in [6.45, 7) is -0.732. The molecule has 1 heterocycles. The van der Waals surface area contributed by atoms with Gasteiger partial charge >= 0.3 is 5.97 Å². The molecule has 0 spiro atoms. The largest absolute Gasteiger partial charge is 0.452 e. The molecular weight excluding hydrogens is 434 g/mol. The van der Waals surface area contributed by atoms with E-state index in [0.717, 1.165) is 4.90 Å². The number of rotatable bonds is 7. The van der Waals surface area contributed by atoms with E-state index in [1.807, 2.05) is 6.07 Å². The molecule has 168 valence electrons. The normalized spacial score (nSPS) is 12.1. The van der Waals surface area contributed by atoms with Gasteiger partial charge in [-0.1, -0.05) is 42.5 Å². The monoisotopic (exact) mass is 453 g/mol. The van der Waals surface area contributed by atoms with Gasteiger partial charge in [-0.15, -0.1) is 0 Å². The van der Waals surface area contributed by atoms with Crippen molar-refractivity contribution in [3.63, 3.8) is 0 Å². The van der Waals surface area contributed by atoms with Gasteiger partial charge in [-0.05, 0) is 42.0 Å². The lowest BCUT2D eigenvalue weighted by molar-refractivity contribution is -0.121. The smallest absolute Gasteiger partial charge is 0.338 e. The van der Waals surface area contributed by atoms with E-state index in [1.54, 1.807) is 66.7 Å². The van der Waals surface area contributed by atoms with Crippen LogP contribution in [0.2, 0.25) is 0 Å². The molecule has 0 radical (unpaired) electrons. The Hall–Kier alpha value is -4.77. The summed E-state index contributed by atoms with van der Waals surface area (Å²) < 4.78 is 5.17. The van der Waals surface area contributed by atoms with Gasteiger partial charge in [-0.2, -0.15) is 5.26 Å². The van der Waals surface area contributed by atoms with Crippen LogP contribution in [0.5, 0.6) is 0 Å². The number of nitriles is 1. The Morgan fingerprint density at radius 2 is 1.53 bits per heavy atom. The number of hydrogen-bond acceptors (Lipinski definition) is 6. The van der Waals surface area contributed by atoms with Gasteiger partial charge in [0.15, 0.2) is 6.61 Å². The number of carbonyl (C=O) groups is 4. The molecular formula is C26H19N3O5. The number of anilines is 1. The molecule has 1 aliphatic heterocycles. The fourth-order valence-electron chi connectivity index (χ4n) is 3.65. The predicted octanol–water partition coefficient (Wildman–Crippen LogP) is 3.20. The highest BCUT2D eigenvalue weighted by molar-refractivity contribution is 6.21. The number of hydrogen-bond donors (Lipinski definition) is 0. The molecule has 0 saturated carbocycles. The highest BCUT2D eigenvalue weighted by Gasteiger charge is 2.35. The van der Waals surface area contributed by atoms with Crippen LogP contribution in [0.25, 0.3) is 0 Å². The van der Waals surface area contributed by atoms with E-state index in [2.05, 4.69) is 0 Å². The van der Waals surface area contributed by atoms with Gasteiger partial charge < -0.3 is 4.74 Å².